The van der Waals surface area contributed by atoms with Gasteiger partial charge in [-0.1, -0.05) is 18.2 Å². The first kappa shape index (κ1) is 22.0. The summed E-state index contributed by atoms with van der Waals surface area (Å²) in [6.07, 6.45) is 1.15. The van der Waals surface area contributed by atoms with Crippen LogP contribution in [-0.4, -0.2) is 86.7 Å². The number of hydrogen-bond donors (Lipinski definition) is 2. The first-order valence-corrected chi connectivity index (χ1v) is 10.5. The second kappa shape index (κ2) is 11.5. The number of piperidine rings is 1. The number of para-hydroxylation sites is 1. The van der Waals surface area contributed by atoms with Crippen molar-refractivity contribution in [3.05, 3.63) is 30.3 Å². The van der Waals surface area contributed by atoms with Gasteiger partial charge in [-0.25, -0.2) is 4.79 Å². The van der Waals surface area contributed by atoms with Gasteiger partial charge in [-0.15, -0.1) is 0 Å². The number of likely N-dealkylation sites (tertiary alicyclic amines) is 1. The first-order chi connectivity index (χ1) is 14.6. The van der Waals surface area contributed by atoms with Gasteiger partial charge in [0.1, 0.15) is 5.75 Å². The highest BCUT2D eigenvalue weighted by molar-refractivity contribution is 6.35. The summed E-state index contributed by atoms with van der Waals surface area (Å²) in [4.78, 5) is 40.0. The molecular weight excluding hydrogens is 388 g/mol. The molecule has 3 amide bonds. The van der Waals surface area contributed by atoms with Crippen molar-refractivity contribution in [2.24, 2.45) is 5.92 Å². The maximum atomic E-state index is 12.2. The first-order valence-electron chi connectivity index (χ1n) is 10.5. The van der Waals surface area contributed by atoms with Gasteiger partial charge in [0.2, 0.25) is 0 Å². The van der Waals surface area contributed by atoms with E-state index in [9.17, 15) is 14.4 Å². The highest BCUT2D eigenvalue weighted by Crippen LogP contribution is 2.18. The molecule has 0 bridgehead atoms. The summed E-state index contributed by atoms with van der Waals surface area (Å²) in [6.45, 7) is 5.81. The SMILES string of the molecule is O=C(NCCN1CCOCC1)C(=O)NCC1CCN(C(=O)Oc2ccccc2)CC1. The topological polar surface area (TPSA) is 100 Å². The number of carbonyl (C=O) groups is 3. The van der Waals surface area contributed by atoms with E-state index in [1.807, 2.05) is 18.2 Å². The van der Waals surface area contributed by atoms with Crippen LogP contribution in [0.15, 0.2) is 30.3 Å². The van der Waals surface area contributed by atoms with Crippen molar-refractivity contribution in [3.8, 4) is 5.75 Å². The molecule has 0 radical (unpaired) electrons. The summed E-state index contributed by atoms with van der Waals surface area (Å²) in [6, 6.07) is 8.98. The van der Waals surface area contributed by atoms with Crippen molar-refractivity contribution < 1.29 is 23.9 Å². The Hall–Kier alpha value is -2.65. The maximum Gasteiger partial charge on any atom is 0.415 e. The highest BCUT2D eigenvalue weighted by atomic mass is 16.6. The molecule has 0 atom stereocenters. The molecule has 0 unspecified atom stereocenters. The third kappa shape index (κ3) is 7.00. The van der Waals surface area contributed by atoms with E-state index in [0.29, 0.717) is 51.7 Å². The molecule has 2 N–H and O–H groups in total. The number of carbonyl (C=O) groups excluding carboxylic acids is 3. The summed E-state index contributed by atoms with van der Waals surface area (Å²) >= 11 is 0. The van der Waals surface area contributed by atoms with Crippen LogP contribution in [0.4, 0.5) is 4.79 Å². The zero-order valence-electron chi connectivity index (χ0n) is 17.2. The summed E-state index contributed by atoms with van der Waals surface area (Å²) < 4.78 is 10.6. The normalized spacial score (nSPS) is 17.9. The van der Waals surface area contributed by atoms with Crippen LogP contribution in [0.25, 0.3) is 0 Å². The Labute approximate surface area is 176 Å². The van der Waals surface area contributed by atoms with Crippen molar-refractivity contribution in [1.82, 2.24) is 20.4 Å². The molecular formula is C21H30N4O5. The Bertz CT molecular complexity index is 701. The fourth-order valence-electron chi connectivity index (χ4n) is 3.52. The van der Waals surface area contributed by atoms with E-state index in [-0.39, 0.29) is 12.0 Å². The van der Waals surface area contributed by atoms with Gasteiger partial charge in [-0.2, -0.15) is 0 Å². The number of hydrogen-bond acceptors (Lipinski definition) is 6. The van der Waals surface area contributed by atoms with Gasteiger partial charge in [-0.3, -0.25) is 14.5 Å². The van der Waals surface area contributed by atoms with Crippen molar-refractivity contribution in [1.29, 1.82) is 0 Å². The largest absolute Gasteiger partial charge is 0.415 e. The molecule has 0 saturated carbocycles. The average Bonchev–Trinajstić information content (AvgIpc) is 2.79. The molecule has 2 aliphatic rings. The third-order valence-electron chi connectivity index (χ3n) is 5.40. The molecule has 1 aromatic rings. The van der Waals surface area contributed by atoms with Gasteiger partial charge in [-0.05, 0) is 30.9 Å². The second-order valence-corrected chi connectivity index (χ2v) is 7.53. The fourth-order valence-corrected chi connectivity index (χ4v) is 3.52. The summed E-state index contributed by atoms with van der Waals surface area (Å²) in [7, 11) is 0. The number of ether oxygens (including phenoxy) is 2. The van der Waals surface area contributed by atoms with Crippen LogP contribution in [0.3, 0.4) is 0 Å². The molecule has 2 saturated heterocycles. The van der Waals surface area contributed by atoms with Crippen molar-refractivity contribution in [2.75, 3.05) is 59.0 Å². The van der Waals surface area contributed by atoms with Crippen molar-refractivity contribution in [3.63, 3.8) is 0 Å². The molecule has 9 nitrogen and oxygen atoms in total. The van der Waals surface area contributed by atoms with E-state index in [0.717, 1.165) is 25.9 Å². The minimum Gasteiger partial charge on any atom is -0.410 e. The van der Waals surface area contributed by atoms with Crippen LogP contribution >= 0.6 is 0 Å². The second-order valence-electron chi connectivity index (χ2n) is 7.53. The highest BCUT2D eigenvalue weighted by Gasteiger charge is 2.25. The molecule has 3 rings (SSSR count). The summed E-state index contributed by atoms with van der Waals surface area (Å²) in [5.74, 6) is -0.456. The molecule has 30 heavy (non-hydrogen) atoms. The number of nitrogens with one attached hydrogen (secondary N) is 2. The standard InChI is InChI=1S/C21H30N4O5/c26-19(22-8-11-24-12-14-29-15-13-24)20(27)23-16-17-6-9-25(10-7-17)21(28)30-18-4-2-1-3-5-18/h1-5,17H,6-16H2,(H,22,26)(H,23,27). The Balaban J connectivity index is 1.28. The van der Waals surface area contributed by atoms with E-state index in [1.165, 1.54) is 0 Å². The van der Waals surface area contributed by atoms with E-state index >= 15 is 0 Å². The molecule has 9 heteroatoms. The van der Waals surface area contributed by atoms with Crippen LogP contribution in [-0.2, 0) is 14.3 Å². The summed E-state index contributed by atoms with van der Waals surface area (Å²) in [5, 5.41) is 5.36. The molecule has 2 aliphatic heterocycles. The van der Waals surface area contributed by atoms with E-state index < -0.39 is 11.8 Å². The maximum absolute atomic E-state index is 12.2. The van der Waals surface area contributed by atoms with Crippen molar-refractivity contribution in [2.45, 2.75) is 12.8 Å². The fraction of sp³-hybridized carbons (Fsp3) is 0.571. The lowest BCUT2D eigenvalue weighted by Gasteiger charge is -2.31. The number of rotatable bonds is 6. The Kier molecular flexibility index (Phi) is 8.46. The lowest BCUT2D eigenvalue weighted by atomic mass is 9.97. The van der Waals surface area contributed by atoms with Crippen LogP contribution in [0.5, 0.6) is 5.75 Å². The van der Waals surface area contributed by atoms with Gasteiger partial charge in [0, 0.05) is 45.8 Å². The van der Waals surface area contributed by atoms with Crippen LogP contribution < -0.4 is 15.4 Å². The van der Waals surface area contributed by atoms with E-state index in [4.69, 9.17) is 9.47 Å². The number of nitrogens with zero attached hydrogens (tertiary/aromatic N) is 2. The number of amides is 3. The average molecular weight is 418 g/mol. The van der Waals surface area contributed by atoms with E-state index in [2.05, 4.69) is 15.5 Å². The minimum absolute atomic E-state index is 0.232. The number of benzene rings is 1. The lowest BCUT2D eigenvalue weighted by Crippen LogP contribution is -2.47. The lowest BCUT2D eigenvalue weighted by molar-refractivity contribution is -0.139. The van der Waals surface area contributed by atoms with Gasteiger partial charge in [0.25, 0.3) is 0 Å². The molecule has 164 valence electrons. The Morgan fingerprint density at radius 3 is 2.33 bits per heavy atom. The third-order valence-corrected chi connectivity index (χ3v) is 5.40. The van der Waals surface area contributed by atoms with Crippen LogP contribution in [0.2, 0.25) is 0 Å². The summed E-state index contributed by atoms with van der Waals surface area (Å²) in [5.41, 5.74) is 0. The van der Waals surface area contributed by atoms with E-state index in [1.54, 1.807) is 17.0 Å². The van der Waals surface area contributed by atoms with Gasteiger partial charge >= 0.3 is 17.9 Å². The van der Waals surface area contributed by atoms with Gasteiger partial charge < -0.3 is 25.0 Å². The minimum atomic E-state index is -0.608. The zero-order chi connectivity index (χ0) is 21.2. The predicted molar refractivity (Wildman–Crippen MR) is 110 cm³/mol. The Morgan fingerprint density at radius 1 is 0.967 bits per heavy atom. The molecule has 2 heterocycles. The van der Waals surface area contributed by atoms with Gasteiger partial charge in [0.15, 0.2) is 0 Å². The predicted octanol–water partition coefficient (Wildman–Crippen LogP) is 0.462. The number of morpholine rings is 1. The van der Waals surface area contributed by atoms with Crippen molar-refractivity contribution >= 4 is 17.9 Å². The van der Waals surface area contributed by atoms with Gasteiger partial charge in [0.05, 0.1) is 13.2 Å². The zero-order valence-corrected chi connectivity index (χ0v) is 17.2. The monoisotopic (exact) mass is 418 g/mol. The molecule has 0 aromatic heterocycles. The van der Waals surface area contributed by atoms with Crippen LogP contribution in [0, 0.1) is 5.92 Å². The molecule has 0 spiro atoms. The smallest absolute Gasteiger partial charge is 0.410 e. The molecule has 0 aliphatic carbocycles. The Morgan fingerprint density at radius 2 is 1.63 bits per heavy atom. The molecule has 1 aromatic carbocycles. The molecule has 2 fully saturated rings. The quantitative estimate of drug-likeness (QED) is 0.651. The van der Waals surface area contributed by atoms with Crippen LogP contribution in [0.1, 0.15) is 12.8 Å².